The van der Waals surface area contributed by atoms with Crippen molar-refractivity contribution in [1.29, 1.82) is 0 Å². The Balaban J connectivity index is 2.04. The first kappa shape index (κ1) is 8.30. The topological polar surface area (TPSA) is 21.3 Å². The van der Waals surface area contributed by atoms with Crippen molar-refractivity contribution < 1.29 is 4.74 Å². The predicted molar refractivity (Wildman–Crippen MR) is 55.6 cm³/mol. The molecule has 1 aliphatic carbocycles. The largest absolute Gasteiger partial charge is 0.497 e. The van der Waals surface area contributed by atoms with E-state index in [0.29, 0.717) is 5.54 Å². The van der Waals surface area contributed by atoms with Gasteiger partial charge in [0.05, 0.1) is 7.11 Å². The Morgan fingerprint density at radius 1 is 1.36 bits per heavy atom. The number of methoxy groups -OCH3 is 1. The Morgan fingerprint density at radius 3 is 2.86 bits per heavy atom. The molecule has 1 aromatic rings. The lowest BCUT2D eigenvalue weighted by molar-refractivity contribution is 0.210. The van der Waals surface area contributed by atoms with Crippen LogP contribution in [0.3, 0.4) is 0 Å². The second-order valence-corrected chi connectivity index (χ2v) is 4.28. The molecule has 2 heteroatoms. The van der Waals surface area contributed by atoms with E-state index in [1.807, 2.05) is 0 Å². The molecule has 1 spiro atoms. The van der Waals surface area contributed by atoms with Crippen molar-refractivity contribution >= 4 is 0 Å². The molecule has 3 rings (SSSR count). The summed E-state index contributed by atoms with van der Waals surface area (Å²) in [5.74, 6) is 0.986. The van der Waals surface area contributed by atoms with Gasteiger partial charge in [0.15, 0.2) is 0 Å². The van der Waals surface area contributed by atoms with Gasteiger partial charge >= 0.3 is 0 Å². The Kier molecular flexibility index (Phi) is 1.62. The molecule has 1 N–H and O–H groups in total. The summed E-state index contributed by atoms with van der Waals surface area (Å²) < 4.78 is 5.24. The third kappa shape index (κ3) is 0.947. The van der Waals surface area contributed by atoms with Crippen molar-refractivity contribution in [2.45, 2.75) is 24.8 Å². The first-order chi connectivity index (χ1) is 6.84. The van der Waals surface area contributed by atoms with Gasteiger partial charge in [-0.1, -0.05) is 6.07 Å². The quantitative estimate of drug-likeness (QED) is 0.727. The Bertz CT molecular complexity index is 369. The number of rotatable bonds is 1. The van der Waals surface area contributed by atoms with Crippen LogP contribution in [0, 0.1) is 0 Å². The molecular formula is C12H15NO. The third-order valence-electron chi connectivity index (χ3n) is 3.66. The molecule has 1 atom stereocenters. The van der Waals surface area contributed by atoms with Crippen LogP contribution in [0.5, 0.6) is 5.75 Å². The molecule has 74 valence electrons. The average molecular weight is 189 g/mol. The highest BCUT2D eigenvalue weighted by Crippen LogP contribution is 2.44. The lowest BCUT2D eigenvalue weighted by Crippen LogP contribution is -2.52. The van der Waals surface area contributed by atoms with Crippen molar-refractivity contribution in [2.75, 3.05) is 13.7 Å². The number of hydrogen-bond donors (Lipinski definition) is 1. The smallest absolute Gasteiger partial charge is 0.119 e. The minimum absolute atomic E-state index is 0.335. The number of hydrogen-bond acceptors (Lipinski definition) is 2. The summed E-state index contributed by atoms with van der Waals surface area (Å²) in [6.07, 6.45) is 3.75. The van der Waals surface area contributed by atoms with E-state index in [0.717, 1.165) is 5.75 Å². The normalized spacial score (nSPS) is 28.6. The lowest BCUT2D eigenvalue weighted by atomic mass is 9.82. The van der Waals surface area contributed by atoms with E-state index in [1.54, 1.807) is 7.11 Å². The van der Waals surface area contributed by atoms with Crippen molar-refractivity contribution in [1.82, 2.24) is 5.32 Å². The second kappa shape index (κ2) is 2.74. The zero-order valence-corrected chi connectivity index (χ0v) is 8.47. The molecule has 1 saturated heterocycles. The van der Waals surface area contributed by atoms with E-state index < -0.39 is 0 Å². The van der Waals surface area contributed by atoms with Crippen molar-refractivity contribution in [2.24, 2.45) is 0 Å². The van der Waals surface area contributed by atoms with Gasteiger partial charge in [-0.3, -0.25) is 0 Å². The number of aryl methyl sites for hydroxylation is 1. The summed E-state index contributed by atoms with van der Waals surface area (Å²) >= 11 is 0. The summed E-state index contributed by atoms with van der Waals surface area (Å²) in [6, 6.07) is 6.49. The van der Waals surface area contributed by atoms with Crippen LogP contribution in [0.15, 0.2) is 18.2 Å². The molecule has 1 aliphatic heterocycles. The third-order valence-corrected chi connectivity index (χ3v) is 3.66. The monoisotopic (exact) mass is 189 g/mol. The van der Waals surface area contributed by atoms with Gasteiger partial charge in [0.2, 0.25) is 0 Å². The standard InChI is InChI=1S/C12H15NO/c1-14-10-2-3-11-9(8-10)4-5-12(11)6-7-13-12/h2-3,8,13H,4-7H2,1H3. The molecule has 0 saturated carbocycles. The van der Waals surface area contributed by atoms with E-state index >= 15 is 0 Å². The van der Waals surface area contributed by atoms with Gasteiger partial charge in [0.25, 0.3) is 0 Å². The highest BCUT2D eigenvalue weighted by molar-refractivity contribution is 5.44. The zero-order valence-electron chi connectivity index (χ0n) is 8.47. The van der Waals surface area contributed by atoms with Crippen molar-refractivity contribution in [3.63, 3.8) is 0 Å². The molecule has 2 nitrogen and oxygen atoms in total. The number of ether oxygens (including phenoxy) is 1. The second-order valence-electron chi connectivity index (χ2n) is 4.28. The maximum Gasteiger partial charge on any atom is 0.119 e. The van der Waals surface area contributed by atoms with Gasteiger partial charge in [-0.05, 0) is 49.1 Å². The molecule has 14 heavy (non-hydrogen) atoms. The molecule has 0 radical (unpaired) electrons. The fraction of sp³-hybridized carbons (Fsp3) is 0.500. The highest BCUT2D eigenvalue weighted by Gasteiger charge is 2.43. The van der Waals surface area contributed by atoms with Crippen LogP contribution in [0.4, 0.5) is 0 Å². The summed E-state index contributed by atoms with van der Waals surface area (Å²) in [4.78, 5) is 0. The van der Waals surface area contributed by atoms with Crippen molar-refractivity contribution in [3.05, 3.63) is 29.3 Å². The Morgan fingerprint density at radius 2 is 2.21 bits per heavy atom. The molecule has 2 aliphatic rings. The predicted octanol–water partition coefficient (Wildman–Crippen LogP) is 1.83. The summed E-state index contributed by atoms with van der Waals surface area (Å²) in [6.45, 7) is 1.17. The van der Waals surface area contributed by atoms with Crippen LogP contribution in [0.25, 0.3) is 0 Å². The molecule has 1 fully saturated rings. The molecule has 0 aromatic heterocycles. The Hall–Kier alpha value is -1.02. The number of nitrogens with one attached hydrogen (secondary N) is 1. The minimum Gasteiger partial charge on any atom is -0.497 e. The van der Waals surface area contributed by atoms with E-state index in [9.17, 15) is 0 Å². The van der Waals surface area contributed by atoms with E-state index in [-0.39, 0.29) is 0 Å². The SMILES string of the molecule is COc1ccc2c(c1)CCC21CCN1. The van der Waals surface area contributed by atoms with E-state index in [1.165, 1.54) is 36.9 Å². The molecule has 1 unspecified atom stereocenters. The fourth-order valence-corrected chi connectivity index (χ4v) is 2.72. The first-order valence-corrected chi connectivity index (χ1v) is 5.26. The van der Waals surface area contributed by atoms with Crippen LogP contribution in [-0.2, 0) is 12.0 Å². The minimum atomic E-state index is 0.335. The van der Waals surface area contributed by atoms with Gasteiger partial charge in [-0.15, -0.1) is 0 Å². The van der Waals surface area contributed by atoms with Crippen LogP contribution in [-0.4, -0.2) is 13.7 Å². The van der Waals surface area contributed by atoms with Crippen LogP contribution in [0.2, 0.25) is 0 Å². The zero-order chi connectivity index (χ0) is 9.60. The first-order valence-electron chi connectivity index (χ1n) is 5.26. The van der Waals surface area contributed by atoms with Gasteiger partial charge in [0.1, 0.15) is 5.75 Å². The maximum absolute atomic E-state index is 5.24. The fourth-order valence-electron chi connectivity index (χ4n) is 2.72. The molecule has 1 aromatic carbocycles. The van der Waals surface area contributed by atoms with Gasteiger partial charge < -0.3 is 10.1 Å². The van der Waals surface area contributed by atoms with Crippen LogP contribution >= 0.6 is 0 Å². The average Bonchev–Trinajstić information content (AvgIpc) is 2.55. The summed E-state index contributed by atoms with van der Waals surface area (Å²) in [7, 11) is 1.73. The highest BCUT2D eigenvalue weighted by atomic mass is 16.5. The van der Waals surface area contributed by atoms with Crippen LogP contribution < -0.4 is 10.1 Å². The van der Waals surface area contributed by atoms with Gasteiger partial charge in [-0.2, -0.15) is 0 Å². The molecule has 0 amide bonds. The number of benzene rings is 1. The van der Waals surface area contributed by atoms with Crippen LogP contribution in [0.1, 0.15) is 24.0 Å². The molecule has 0 bridgehead atoms. The van der Waals surface area contributed by atoms with Gasteiger partial charge in [0, 0.05) is 5.54 Å². The Labute approximate surface area is 84.3 Å². The maximum atomic E-state index is 5.24. The lowest BCUT2D eigenvalue weighted by Gasteiger charge is -2.41. The molecule has 1 heterocycles. The molecular weight excluding hydrogens is 174 g/mol. The number of fused-ring (bicyclic) bond motifs is 2. The van der Waals surface area contributed by atoms with E-state index in [2.05, 4.69) is 23.5 Å². The van der Waals surface area contributed by atoms with Gasteiger partial charge in [-0.25, -0.2) is 0 Å². The summed E-state index contributed by atoms with van der Waals surface area (Å²) in [5.41, 5.74) is 3.31. The van der Waals surface area contributed by atoms with E-state index in [4.69, 9.17) is 4.74 Å². The summed E-state index contributed by atoms with van der Waals surface area (Å²) in [5, 5.41) is 3.57. The van der Waals surface area contributed by atoms with Crippen molar-refractivity contribution in [3.8, 4) is 5.75 Å².